The number of nitrogens with zero attached hydrogens (tertiary/aromatic N) is 1. The summed E-state index contributed by atoms with van der Waals surface area (Å²) in [5, 5.41) is 3.12. The first-order valence-corrected chi connectivity index (χ1v) is 5.84. The Labute approximate surface area is 112 Å². The normalized spacial score (nSPS) is 10.7. The molecule has 0 spiro atoms. The van der Waals surface area contributed by atoms with E-state index >= 15 is 0 Å². The van der Waals surface area contributed by atoms with E-state index < -0.39 is 11.6 Å². The second-order valence-electron chi connectivity index (χ2n) is 4.21. The molecule has 0 saturated heterocycles. The summed E-state index contributed by atoms with van der Waals surface area (Å²) in [5.41, 5.74) is 0.339. The molecule has 1 heterocycles. The van der Waals surface area contributed by atoms with Crippen LogP contribution in [0.3, 0.4) is 0 Å². The molecule has 0 fully saturated rings. The van der Waals surface area contributed by atoms with Crippen LogP contribution >= 0.6 is 0 Å². The minimum Gasteiger partial charge on any atom is -0.325 e. The maximum absolute atomic E-state index is 13.1. The van der Waals surface area contributed by atoms with Crippen molar-refractivity contribution in [3.05, 3.63) is 64.5 Å². The molecular formula is C14H9F2N3O. The van der Waals surface area contributed by atoms with Crippen LogP contribution in [0.2, 0.25) is 0 Å². The molecule has 2 aromatic carbocycles. The number of nitrogens with one attached hydrogen (secondary N) is 2. The number of H-pyrrole nitrogens is 1. The first-order chi connectivity index (χ1) is 9.61. The Kier molecular flexibility index (Phi) is 2.90. The molecule has 0 atom stereocenters. The molecule has 0 saturated carbocycles. The molecule has 0 amide bonds. The van der Waals surface area contributed by atoms with Gasteiger partial charge in [0.05, 0.1) is 10.9 Å². The average Bonchev–Trinajstić information content (AvgIpc) is 2.37. The van der Waals surface area contributed by atoms with Crippen LogP contribution in [0, 0.1) is 11.6 Å². The monoisotopic (exact) mass is 273 g/mol. The highest BCUT2D eigenvalue weighted by atomic mass is 19.1. The first kappa shape index (κ1) is 12.3. The summed E-state index contributed by atoms with van der Waals surface area (Å²) in [6, 6.07) is 9.79. The summed E-state index contributed by atoms with van der Waals surface area (Å²) in [7, 11) is 0. The number of para-hydroxylation sites is 1. The van der Waals surface area contributed by atoms with Crippen LogP contribution < -0.4 is 10.9 Å². The molecule has 3 rings (SSSR count). The quantitative estimate of drug-likeness (QED) is 0.754. The van der Waals surface area contributed by atoms with Crippen molar-refractivity contribution in [1.82, 2.24) is 9.97 Å². The van der Waals surface area contributed by atoms with Gasteiger partial charge in [-0.2, -0.15) is 0 Å². The highest BCUT2D eigenvalue weighted by Crippen LogP contribution is 2.17. The van der Waals surface area contributed by atoms with Gasteiger partial charge in [0.2, 0.25) is 5.95 Å². The van der Waals surface area contributed by atoms with Crippen molar-refractivity contribution in [2.24, 2.45) is 0 Å². The number of anilines is 2. The predicted octanol–water partition coefficient (Wildman–Crippen LogP) is 2.94. The summed E-state index contributed by atoms with van der Waals surface area (Å²) >= 11 is 0. The van der Waals surface area contributed by atoms with Gasteiger partial charge in [-0.25, -0.2) is 13.8 Å². The van der Waals surface area contributed by atoms with Crippen molar-refractivity contribution in [2.75, 3.05) is 5.32 Å². The topological polar surface area (TPSA) is 57.8 Å². The van der Waals surface area contributed by atoms with E-state index in [2.05, 4.69) is 15.3 Å². The number of fused-ring (bicyclic) bond motifs is 1. The van der Waals surface area contributed by atoms with Crippen molar-refractivity contribution in [3.63, 3.8) is 0 Å². The Morgan fingerprint density at radius 3 is 2.50 bits per heavy atom. The summed E-state index contributed by atoms with van der Waals surface area (Å²) in [5.74, 6) is -1.30. The number of rotatable bonds is 2. The summed E-state index contributed by atoms with van der Waals surface area (Å²) < 4.78 is 26.2. The van der Waals surface area contributed by atoms with E-state index in [1.54, 1.807) is 24.3 Å². The molecule has 4 nitrogen and oxygen atoms in total. The molecule has 1 aromatic heterocycles. The Balaban J connectivity index is 2.04. The fourth-order valence-electron chi connectivity index (χ4n) is 1.91. The highest BCUT2D eigenvalue weighted by Gasteiger charge is 2.05. The molecular weight excluding hydrogens is 264 g/mol. The minimum atomic E-state index is -0.712. The zero-order valence-corrected chi connectivity index (χ0v) is 10.2. The molecule has 0 bridgehead atoms. The molecule has 0 aliphatic carbocycles. The lowest BCUT2D eigenvalue weighted by atomic mass is 10.2. The van der Waals surface area contributed by atoms with Gasteiger partial charge in [-0.15, -0.1) is 0 Å². The first-order valence-electron chi connectivity index (χ1n) is 5.84. The van der Waals surface area contributed by atoms with E-state index in [0.29, 0.717) is 10.9 Å². The Morgan fingerprint density at radius 1 is 1.05 bits per heavy atom. The summed E-state index contributed by atoms with van der Waals surface area (Å²) in [4.78, 5) is 18.5. The van der Waals surface area contributed by atoms with Gasteiger partial charge in [-0.1, -0.05) is 12.1 Å². The van der Waals surface area contributed by atoms with E-state index in [1.807, 2.05) is 0 Å². The second-order valence-corrected chi connectivity index (χ2v) is 4.21. The van der Waals surface area contributed by atoms with Crippen LogP contribution in [0.4, 0.5) is 20.4 Å². The van der Waals surface area contributed by atoms with Crippen LogP contribution in [0.15, 0.2) is 47.3 Å². The van der Waals surface area contributed by atoms with E-state index in [4.69, 9.17) is 0 Å². The van der Waals surface area contributed by atoms with Gasteiger partial charge in [0.1, 0.15) is 11.6 Å². The van der Waals surface area contributed by atoms with Crippen molar-refractivity contribution >= 4 is 22.5 Å². The van der Waals surface area contributed by atoms with Gasteiger partial charge in [-0.3, -0.25) is 9.78 Å². The Bertz CT molecular complexity index is 825. The lowest BCUT2D eigenvalue weighted by Gasteiger charge is -2.06. The summed E-state index contributed by atoms with van der Waals surface area (Å²) in [6.07, 6.45) is 0. The van der Waals surface area contributed by atoms with Crippen molar-refractivity contribution in [1.29, 1.82) is 0 Å². The Hall–Kier alpha value is -2.76. The van der Waals surface area contributed by atoms with Gasteiger partial charge in [0.25, 0.3) is 5.56 Å². The third kappa shape index (κ3) is 2.35. The van der Waals surface area contributed by atoms with Gasteiger partial charge >= 0.3 is 0 Å². The molecule has 0 aliphatic rings. The van der Waals surface area contributed by atoms with Crippen LogP contribution in [0.5, 0.6) is 0 Å². The van der Waals surface area contributed by atoms with Crippen LogP contribution in [-0.4, -0.2) is 9.97 Å². The van der Waals surface area contributed by atoms with E-state index in [9.17, 15) is 13.6 Å². The van der Waals surface area contributed by atoms with Gasteiger partial charge in [0, 0.05) is 11.8 Å². The molecule has 0 aliphatic heterocycles. The minimum absolute atomic E-state index is 0.124. The molecule has 3 aromatic rings. The van der Waals surface area contributed by atoms with E-state index in [1.165, 1.54) is 0 Å². The Morgan fingerprint density at radius 2 is 1.75 bits per heavy atom. The number of aromatic nitrogens is 2. The van der Waals surface area contributed by atoms with Crippen molar-refractivity contribution in [3.8, 4) is 0 Å². The lowest BCUT2D eigenvalue weighted by Crippen LogP contribution is -2.11. The molecule has 0 radical (unpaired) electrons. The predicted molar refractivity (Wildman–Crippen MR) is 72.0 cm³/mol. The van der Waals surface area contributed by atoms with Gasteiger partial charge in [0.15, 0.2) is 0 Å². The van der Waals surface area contributed by atoms with Gasteiger partial charge in [-0.05, 0) is 24.3 Å². The summed E-state index contributed by atoms with van der Waals surface area (Å²) in [6.45, 7) is 0. The third-order valence-electron chi connectivity index (χ3n) is 2.74. The largest absolute Gasteiger partial charge is 0.325 e. The second kappa shape index (κ2) is 4.73. The molecule has 2 N–H and O–H groups in total. The number of halogens is 2. The number of benzene rings is 2. The maximum Gasteiger partial charge on any atom is 0.260 e. The molecule has 6 heteroatoms. The number of hydrogen-bond donors (Lipinski definition) is 2. The van der Waals surface area contributed by atoms with E-state index in [0.717, 1.165) is 18.2 Å². The van der Waals surface area contributed by atoms with Crippen LogP contribution in [0.1, 0.15) is 0 Å². The molecule has 0 unspecified atom stereocenters. The highest BCUT2D eigenvalue weighted by molar-refractivity contribution is 5.78. The van der Waals surface area contributed by atoms with Crippen molar-refractivity contribution < 1.29 is 8.78 Å². The number of aromatic amines is 1. The van der Waals surface area contributed by atoms with E-state index in [-0.39, 0.29) is 17.2 Å². The molecule has 20 heavy (non-hydrogen) atoms. The zero-order chi connectivity index (χ0) is 14.1. The fraction of sp³-hybridized carbons (Fsp3) is 0. The standard InChI is InChI=1S/C14H9F2N3O/c15-8-5-9(16)7-10(6-8)17-14-18-12-4-2-1-3-11(12)13(20)19-14/h1-7H,(H2,17,18,19,20). The fourth-order valence-corrected chi connectivity index (χ4v) is 1.91. The van der Waals surface area contributed by atoms with Crippen molar-refractivity contribution in [2.45, 2.75) is 0 Å². The maximum atomic E-state index is 13.1. The van der Waals surface area contributed by atoms with Crippen LogP contribution in [-0.2, 0) is 0 Å². The average molecular weight is 273 g/mol. The number of hydrogen-bond acceptors (Lipinski definition) is 3. The smallest absolute Gasteiger partial charge is 0.260 e. The lowest BCUT2D eigenvalue weighted by molar-refractivity contribution is 0.584. The van der Waals surface area contributed by atoms with Gasteiger partial charge < -0.3 is 5.32 Å². The third-order valence-corrected chi connectivity index (χ3v) is 2.74. The SMILES string of the molecule is O=c1[nH]c(Nc2cc(F)cc(F)c2)nc2ccccc12. The molecule has 100 valence electrons. The zero-order valence-electron chi connectivity index (χ0n) is 10.2. The van der Waals surface area contributed by atoms with Crippen LogP contribution in [0.25, 0.3) is 10.9 Å².